The minimum Gasteiger partial charge on any atom is -0.726 e. The van der Waals surface area contributed by atoms with Gasteiger partial charge in [-0.15, -0.1) is 0 Å². The van der Waals surface area contributed by atoms with Gasteiger partial charge in [0.25, 0.3) is 0 Å². The molecule has 1 unspecified atom stereocenters. The number of aliphatic carboxylic acids is 1. The van der Waals surface area contributed by atoms with E-state index >= 15 is 0 Å². The van der Waals surface area contributed by atoms with Crippen molar-refractivity contribution in [2.45, 2.75) is 91.1 Å². The molecule has 10 nitrogen and oxygen atoms in total. The zero-order valence-corrected chi connectivity index (χ0v) is 19.1. The Balaban J connectivity index is -0.000000134. The number of hydrogen-bond acceptors (Lipinski definition) is 8. The van der Waals surface area contributed by atoms with Crippen molar-refractivity contribution >= 4 is 16.4 Å². The molecule has 0 bridgehead atoms. The van der Waals surface area contributed by atoms with Crippen molar-refractivity contribution in [2.75, 3.05) is 13.2 Å². The monoisotopic (exact) mass is 436 g/mol. The van der Waals surface area contributed by atoms with Crippen LogP contribution in [0.5, 0.6) is 0 Å². The van der Waals surface area contributed by atoms with Gasteiger partial charge in [-0.2, -0.15) is 0 Å². The second kappa shape index (κ2) is 28.4. The topological polar surface area (TPSA) is 220 Å². The zero-order valence-electron chi connectivity index (χ0n) is 18.3. The number of unbranched alkanes of at least 4 members (excludes halogenated alkanes) is 9. The van der Waals surface area contributed by atoms with Crippen molar-refractivity contribution in [3.05, 3.63) is 0 Å². The van der Waals surface area contributed by atoms with Gasteiger partial charge in [-0.25, -0.2) is 8.42 Å². The molecule has 10 N–H and O–H groups in total. The lowest BCUT2D eigenvalue weighted by molar-refractivity contribution is -0.302. The number of carboxylic acids is 1. The van der Waals surface area contributed by atoms with E-state index in [1.807, 2.05) is 0 Å². The molecule has 0 aromatic carbocycles. The molecule has 0 saturated carbocycles. The van der Waals surface area contributed by atoms with E-state index in [-0.39, 0.29) is 25.5 Å². The van der Waals surface area contributed by atoms with Gasteiger partial charge < -0.3 is 37.0 Å². The minimum atomic E-state index is -4.48. The molecule has 28 heavy (non-hydrogen) atoms. The highest BCUT2D eigenvalue weighted by Crippen LogP contribution is 2.10. The molecule has 0 amide bonds. The summed E-state index contributed by atoms with van der Waals surface area (Å²) in [5.74, 6) is -1.08. The van der Waals surface area contributed by atoms with Gasteiger partial charge in [0.2, 0.25) is 10.4 Å². The van der Waals surface area contributed by atoms with E-state index in [1.165, 1.54) is 51.9 Å². The Morgan fingerprint density at radius 1 is 0.964 bits per heavy atom. The molecule has 0 saturated heterocycles. The summed E-state index contributed by atoms with van der Waals surface area (Å²) in [6.45, 7) is 4.60. The van der Waals surface area contributed by atoms with Crippen molar-refractivity contribution in [1.29, 1.82) is 0 Å². The van der Waals surface area contributed by atoms with Crippen LogP contribution < -0.4 is 17.4 Å². The first-order chi connectivity index (χ1) is 12.1. The average Bonchev–Trinajstić information content (AvgIpc) is 2.51. The Bertz CT molecular complexity index is 389. The quantitative estimate of drug-likeness (QED) is 0.190. The molecule has 0 spiro atoms. The maximum atomic E-state index is 10.1. The smallest absolute Gasteiger partial charge is 0.217 e. The molecule has 1 atom stereocenters. The standard InChI is InChI=1S/C12H26O4S.C3H8O2.C2H4O2.2H3N/c1-2-3-4-5-6-7-8-9-10-11-12-16-17(13,14)15;1-3(5)2-4;1-2(3)4;;/h2-12H2,1H3,(H,13,14,15);3-5H,2H2,1H3;1H3,(H,3,4);2*1H3. The SMILES string of the molecule is CC(=O)[O-].CC(O)CO.CCCCCCCCCCCCOS(=O)(=O)[O-].[NH4+].[NH4+]. The van der Waals surface area contributed by atoms with Crippen LogP contribution in [-0.2, 0) is 19.4 Å². The summed E-state index contributed by atoms with van der Waals surface area (Å²) in [6.07, 6.45) is 11.1. The number of carbonyl (C=O) groups is 1. The molecule has 0 fully saturated rings. The highest BCUT2D eigenvalue weighted by molar-refractivity contribution is 7.80. The fourth-order valence-corrected chi connectivity index (χ4v) is 2.07. The summed E-state index contributed by atoms with van der Waals surface area (Å²) < 4.78 is 34.5. The maximum absolute atomic E-state index is 10.1. The molecule has 0 radical (unpaired) electrons. The first-order valence-corrected chi connectivity index (χ1v) is 10.5. The molecule has 176 valence electrons. The number of aliphatic hydroxyl groups is 2. The molecular weight excluding hydrogens is 392 g/mol. The Hall–Kier alpha value is -0.820. The van der Waals surface area contributed by atoms with Crippen LogP contribution in [-0.4, -0.2) is 48.5 Å². The van der Waals surface area contributed by atoms with Crippen LogP contribution in [0.3, 0.4) is 0 Å². The van der Waals surface area contributed by atoms with Crippen LogP contribution in [0.4, 0.5) is 0 Å². The van der Waals surface area contributed by atoms with E-state index in [4.69, 9.17) is 20.1 Å². The van der Waals surface area contributed by atoms with E-state index in [2.05, 4.69) is 11.1 Å². The van der Waals surface area contributed by atoms with E-state index in [0.717, 1.165) is 19.8 Å². The van der Waals surface area contributed by atoms with E-state index in [0.29, 0.717) is 6.42 Å². The van der Waals surface area contributed by atoms with Crippen molar-refractivity contribution < 1.29 is 37.3 Å². The Kier molecular flexibility index (Phi) is 38.4. The Morgan fingerprint density at radius 2 is 1.25 bits per heavy atom. The Morgan fingerprint density at radius 3 is 1.50 bits per heavy atom. The average molecular weight is 437 g/mol. The van der Waals surface area contributed by atoms with Gasteiger partial charge in [0, 0.05) is 5.97 Å². The molecule has 0 aliphatic carbocycles. The molecule has 0 aromatic heterocycles. The third-order valence-corrected chi connectivity index (χ3v) is 3.45. The lowest BCUT2D eigenvalue weighted by atomic mass is 10.1. The first-order valence-electron chi connectivity index (χ1n) is 9.13. The van der Waals surface area contributed by atoms with Crippen LogP contribution in [0, 0.1) is 0 Å². The predicted molar refractivity (Wildman–Crippen MR) is 109 cm³/mol. The van der Waals surface area contributed by atoms with Gasteiger partial charge in [-0.05, 0) is 20.3 Å². The summed E-state index contributed by atoms with van der Waals surface area (Å²) in [7, 11) is -4.48. The third-order valence-electron chi connectivity index (χ3n) is 2.99. The van der Waals surface area contributed by atoms with Crippen LogP contribution in [0.25, 0.3) is 0 Å². The second-order valence-electron chi connectivity index (χ2n) is 5.94. The van der Waals surface area contributed by atoms with Gasteiger partial charge in [-0.1, -0.05) is 64.7 Å². The second-order valence-corrected chi connectivity index (χ2v) is 6.99. The predicted octanol–water partition coefficient (Wildman–Crippen LogP) is 2.25. The molecule has 0 rings (SSSR count). The lowest BCUT2D eigenvalue weighted by Gasteiger charge is -2.06. The normalized spacial score (nSPS) is 10.8. The molecule has 0 aliphatic heterocycles. The largest absolute Gasteiger partial charge is 0.726 e. The van der Waals surface area contributed by atoms with E-state index in [1.54, 1.807) is 0 Å². The van der Waals surface area contributed by atoms with Gasteiger partial charge >= 0.3 is 0 Å². The van der Waals surface area contributed by atoms with Crippen molar-refractivity contribution in [2.24, 2.45) is 0 Å². The summed E-state index contributed by atoms with van der Waals surface area (Å²) in [6, 6.07) is 0. The third kappa shape index (κ3) is 63.9. The summed E-state index contributed by atoms with van der Waals surface area (Å²) in [5.41, 5.74) is 0. The van der Waals surface area contributed by atoms with Gasteiger partial charge in [0.05, 0.1) is 19.3 Å². The van der Waals surface area contributed by atoms with E-state index in [9.17, 15) is 13.0 Å². The fourth-order valence-electron chi connectivity index (χ4n) is 1.75. The van der Waals surface area contributed by atoms with Crippen molar-refractivity contribution in [3.8, 4) is 0 Å². The van der Waals surface area contributed by atoms with E-state index < -0.39 is 22.5 Å². The summed E-state index contributed by atoms with van der Waals surface area (Å²) >= 11 is 0. The Labute approximate surface area is 170 Å². The number of rotatable bonds is 13. The first kappa shape index (κ1) is 37.9. The molecule has 0 aromatic rings. The molecule has 0 aliphatic rings. The minimum absolute atomic E-state index is 0. The van der Waals surface area contributed by atoms with Crippen molar-refractivity contribution in [1.82, 2.24) is 12.3 Å². The molecular formula is C17H44N2O8S. The van der Waals surface area contributed by atoms with Crippen LogP contribution in [0.2, 0.25) is 0 Å². The highest BCUT2D eigenvalue weighted by atomic mass is 32.3. The number of aliphatic hydroxyl groups excluding tert-OH is 2. The number of carboxylic acid groups (broad SMARTS) is 1. The van der Waals surface area contributed by atoms with Gasteiger partial charge in [-0.3, -0.25) is 4.18 Å². The number of quaternary nitrogens is 2. The van der Waals surface area contributed by atoms with Gasteiger partial charge in [0.15, 0.2) is 0 Å². The zero-order chi connectivity index (χ0) is 20.8. The lowest BCUT2D eigenvalue weighted by Crippen LogP contribution is -2.16. The maximum Gasteiger partial charge on any atom is 0.217 e. The van der Waals surface area contributed by atoms with Crippen molar-refractivity contribution in [3.63, 3.8) is 0 Å². The fraction of sp³-hybridized carbons (Fsp3) is 0.941. The number of carbonyl (C=O) groups excluding carboxylic acids is 1. The van der Waals surface area contributed by atoms with Crippen LogP contribution in [0.1, 0.15) is 85.0 Å². The van der Waals surface area contributed by atoms with Gasteiger partial charge in [0.1, 0.15) is 0 Å². The number of hydrogen-bond donors (Lipinski definition) is 4. The van der Waals surface area contributed by atoms with Crippen LogP contribution >= 0.6 is 0 Å². The summed E-state index contributed by atoms with van der Waals surface area (Å²) in [4.78, 5) is 8.89. The summed E-state index contributed by atoms with van der Waals surface area (Å²) in [5, 5.41) is 24.9. The van der Waals surface area contributed by atoms with Crippen LogP contribution in [0.15, 0.2) is 0 Å². The highest BCUT2D eigenvalue weighted by Gasteiger charge is 1.95. The molecule has 11 heteroatoms. The molecule has 0 heterocycles.